The second-order valence-corrected chi connectivity index (χ2v) is 5.39. The first kappa shape index (κ1) is 19.7. The Hall–Kier alpha value is -3.66. The zero-order chi connectivity index (χ0) is 19.6. The first-order valence-corrected chi connectivity index (χ1v) is 8.23. The molecule has 0 aliphatic carbocycles. The number of hydrogen-bond acceptors (Lipinski definition) is 6. The van der Waals surface area contributed by atoms with Gasteiger partial charge in [-0.3, -0.25) is 14.5 Å². The Morgan fingerprint density at radius 1 is 1.04 bits per heavy atom. The molecule has 0 aliphatic rings. The van der Waals surface area contributed by atoms with Crippen LogP contribution in [0.1, 0.15) is 22.8 Å². The van der Waals surface area contributed by atoms with Crippen molar-refractivity contribution < 1.29 is 23.9 Å². The number of nitriles is 1. The molecule has 0 aliphatic heterocycles. The Bertz CT molecular complexity index is 858. The van der Waals surface area contributed by atoms with Crippen molar-refractivity contribution >= 4 is 23.5 Å². The van der Waals surface area contributed by atoms with Crippen LogP contribution in [0.15, 0.2) is 54.6 Å². The predicted octanol–water partition coefficient (Wildman–Crippen LogP) is 2.31. The van der Waals surface area contributed by atoms with Gasteiger partial charge in [-0.2, -0.15) is 5.26 Å². The van der Waals surface area contributed by atoms with Crippen molar-refractivity contribution in [3.8, 4) is 6.07 Å². The Morgan fingerprint density at radius 2 is 1.78 bits per heavy atom. The highest BCUT2D eigenvalue weighted by atomic mass is 16.5. The molecule has 0 atom stereocenters. The van der Waals surface area contributed by atoms with E-state index in [1.165, 1.54) is 17.0 Å². The summed E-state index contributed by atoms with van der Waals surface area (Å²) in [6, 6.07) is 16.4. The molecular formula is C20H18N2O5. The van der Waals surface area contributed by atoms with E-state index in [0.29, 0.717) is 11.3 Å². The van der Waals surface area contributed by atoms with Crippen LogP contribution in [0, 0.1) is 11.3 Å². The summed E-state index contributed by atoms with van der Waals surface area (Å²) < 4.78 is 9.93. The van der Waals surface area contributed by atoms with E-state index < -0.39 is 24.5 Å². The van der Waals surface area contributed by atoms with Crippen LogP contribution in [-0.4, -0.2) is 37.6 Å². The maximum Gasteiger partial charge on any atom is 0.338 e. The summed E-state index contributed by atoms with van der Waals surface area (Å²) in [5, 5.41) is 8.88. The minimum absolute atomic E-state index is 0.165. The molecule has 0 N–H and O–H groups in total. The zero-order valence-corrected chi connectivity index (χ0v) is 14.8. The van der Waals surface area contributed by atoms with Gasteiger partial charge in [-0.15, -0.1) is 0 Å². The van der Waals surface area contributed by atoms with Gasteiger partial charge < -0.3 is 9.47 Å². The van der Waals surface area contributed by atoms with Crippen molar-refractivity contribution in [1.29, 1.82) is 5.26 Å². The molecule has 0 heterocycles. The van der Waals surface area contributed by atoms with Crippen LogP contribution < -0.4 is 4.90 Å². The molecule has 2 aromatic rings. The fourth-order valence-corrected chi connectivity index (χ4v) is 2.27. The van der Waals surface area contributed by atoms with Gasteiger partial charge >= 0.3 is 11.9 Å². The number of ether oxygens (including phenoxy) is 2. The number of anilines is 1. The number of nitrogens with zero attached hydrogens (tertiary/aromatic N) is 2. The van der Waals surface area contributed by atoms with Crippen molar-refractivity contribution in [2.75, 3.05) is 24.7 Å². The molecule has 1 amide bonds. The highest BCUT2D eigenvalue weighted by Crippen LogP contribution is 2.14. The summed E-state index contributed by atoms with van der Waals surface area (Å²) in [6.45, 7) is 1.02. The van der Waals surface area contributed by atoms with Gasteiger partial charge in [0.15, 0.2) is 6.61 Å². The van der Waals surface area contributed by atoms with Crippen molar-refractivity contribution in [3.63, 3.8) is 0 Å². The van der Waals surface area contributed by atoms with E-state index in [4.69, 9.17) is 14.7 Å². The average molecular weight is 366 g/mol. The maximum absolute atomic E-state index is 12.5. The van der Waals surface area contributed by atoms with E-state index >= 15 is 0 Å². The first-order chi connectivity index (χ1) is 13.0. The number of benzene rings is 2. The summed E-state index contributed by atoms with van der Waals surface area (Å²) >= 11 is 0. The number of carbonyl (C=O) groups is 3. The third-order valence-electron chi connectivity index (χ3n) is 3.52. The third-order valence-corrected chi connectivity index (χ3v) is 3.52. The molecular weight excluding hydrogens is 348 g/mol. The van der Waals surface area contributed by atoms with Gasteiger partial charge in [-0.1, -0.05) is 24.3 Å². The highest BCUT2D eigenvalue weighted by Gasteiger charge is 2.21. The lowest BCUT2D eigenvalue weighted by Gasteiger charge is -2.21. The predicted molar refractivity (Wildman–Crippen MR) is 96.9 cm³/mol. The van der Waals surface area contributed by atoms with Crippen LogP contribution in [-0.2, 0) is 19.1 Å². The van der Waals surface area contributed by atoms with E-state index in [-0.39, 0.29) is 18.7 Å². The Kier molecular flexibility index (Phi) is 7.08. The Morgan fingerprint density at radius 3 is 2.44 bits per heavy atom. The molecule has 0 spiro atoms. The molecule has 7 nitrogen and oxygen atoms in total. The van der Waals surface area contributed by atoms with E-state index in [2.05, 4.69) is 0 Å². The van der Waals surface area contributed by atoms with Crippen LogP contribution >= 0.6 is 0 Å². The molecule has 0 unspecified atom stereocenters. The van der Waals surface area contributed by atoms with Crippen LogP contribution in [0.2, 0.25) is 0 Å². The molecule has 0 radical (unpaired) electrons. The lowest BCUT2D eigenvalue weighted by molar-refractivity contribution is -0.142. The minimum atomic E-state index is -0.732. The van der Waals surface area contributed by atoms with Crippen molar-refractivity contribution in [1.82, 2.24) is 0 Å². The fraction of sp³-hybridized carbons (Fsp3) is 0.200. The summed E-state index contributed by atoms with van der Waals surface area (Å²) in [5.41, 5.74) is 0.959. The quantitative estimate of drug-likeness (QED) is 0.698. The summed E-state index contributed by atoms with van der Waals surface area (Å²) in [7, 11) is 0. The molecule has 2 aromatic carbocycles. The number of amides is 1. The summed E-state index contributed by atoms with van der Waals surface area (Å²) in [4.78, 5) is 37.6. The molecule has 27 heavy (non-hydrogen) atoms. The number of hydrogen-bond donors (Lipinski definition) is 0. The number of para-hydroxylation sites is 1. The zero-order valence-electron chi connectivity index (χ0n) is 14.8. The van der Waals surface area contributed by atoms with Crippen molar-refractivity contribution in [2.24, 2.45) is 0 Å². The first-order valence-electron chi connectivity index (χ1n) is 8.23. The molecule has 0 fully saturated rings. The summed E-state index contributed by atoms with van der Waals surface area (Å²) in [5.74, 6) is -1.87. The van der Waals surface area contributed by atoms with Crippen molar-refractivity contribution in [2.45, 2.75) is 6.92 Å². The SMILES string of the molecule is CCOC(=O)CN(C(=O)COC(=O)c1cccc(C#N)c1)c1ccccc1. The van der Waals surface area contributed by atoms with Gasteiger partial charge in [0.25, 0.3) is 5.91 Å². The fourth-order valence-electron chi connectivity index (χ4n) is 2.27. The van der Waals surface area contributed by atoms with E-state index in [1.54, 1.807) is 49.4 Å². The normalized spacial score (nSPS) is 9.78. The lowest BCUT2D eigenvalue weighted by Crippen LogP contribution is -2.39. The largest absolute Gasteiger partial charge is 0.465 e. The average Bonchev–Trinajstić information content (AvgIpc) is 2.70. The van der Waals surface area contributed by atoms with E-state index in [9.17, 15) is 14.4 Å². The number of carbonyl (C=O) groups excluding carboxylic acids is 3. The van der Waals surface area contributed by atoms with Gasteiger partial charge in [0.2, 0.25) is 0 Å². The van der Waals surface area contributed by atoms with Gasteiger partial charge in [0.1, 0.15) is 6.54 Å². The second-order valence-electron chi connectivity index (χ2n) is 5.39. The maximum atomic E-state index is 12.5. The molecule has 0 aromatic heterocycles. The Labute approximate surface area is 156 Å². The molecule has 0 saturated carbocycles. The van der Waals surface area contributed by atoms with Crippen LogP contribution in [0.3, 0.4) is 0 Å². The summed E-state index contributed by atoms with van der Waals surface area (Å²) in [6.07, 6.45) is 0. The van der Waals surface area contributed by atoms with E-state index in [0.717, 1.165) is 0 Å². The van der Waals surface area contributed by atoms with E-state index in [1.807, 2.05) is 6.07 Å². The van der Waals surface area contributed by atoms with Gasteiger partial charge in [-0.05, 0) is 37.3 Å². The second kappa shape index (κ2) is 9.73. The molecule has 0 bridgehead atoms. The van der Waals surface area contributed by atoms with Crippen LogP contribution in [0.25, 0.3) is 0 Å². The topological polar surface area (TPSA) is 96.7 Å². The lowest BCUT2D eigenvalue weighted by atomic mass is 10.1. The number of rotatable bonds is 7. The Balaban J connectivity index is 2.07. The molecule has 0 saturated heterocycles. The smallest absolute Gasteiger partial charge is 0.338 e. The standard InChI is InChI=1S/C20H18N2O5/c1-2-26-19(24)13-22(17-9-4-3-5-10-17)18(23)14-27-20(25)16-8-6-7-15(11-16)12-21/h3-11H,2,13-14H2,1H3. The minimum Gasteiger partial charge on any atom is -0.465 e. The molecule has 138 valence electrons. The molecule has 7 heteroatoms. The monoisotopic (exact) mass is 366 g/mol. The highest BCUT2D eigenvalue weighted by molar-refractivity contribution is 6.00. The van der Waals surface area contributed by atoms with Gasteiger partial charge in [-0.25, -0.2) is 4.79 Å². The van der Waals surface area contributed by atoms with Gasteiger partial charge in [0, 0.05) is 5.69 Å². The van der Waals surface area contributed by atoms with Crippen LogP contribution in [0.4, 0.5) is 5.69 Å². The van der Waals surface area contributed by atoms with Crippen molar-refractivity contribution in [3.05, 3.63) is 65.7 Å². The number of esters is 2. The van der Waals surface area contributed by atoms with Gasteiger partial charge in [0.05, 0.1) is 23.8 Å². The third kappa shape index (κ3) is 5.68. The van der Waals surface area contributed by atoms with Crippen LogP contribution in [0.5, 0.6) is 0 Å². The molecule has 2 rings (SSSR count).